The topological polar surface area (TPSA) is 170 Å². The molecule has 4 heterocycles. The molecule has 0 spiro atoms. The Bertz CT molecular complexity index is 1740. The summed E-state index contributed by atoms with van der Waals surface area (Å²) in [4.78, 5) is 16.6. The average Bonchev–Trinajstić information content (AvgIpc) is 3.57. The van der Waals surface area contributed by atoms with Crippen LogP contribution in [-0.2, 0) is 20.3 Å². The van der Waals surface area contributed by atoms with Crippen molar-refractivity contribution in [2.45, 2.75) is 24.0 Å². The van der Waals surface area contributed by atoms with E-state index in [4.69, 9.17) is 30.3 Å². The Hall–Kier alpha value is -4.21. The van der Waals surface area contributed by atoms with Crippen LogP contribution in [0, 0.1) is 0 Å². The smallest absolute Gasteiger partial charge is 0.245 e. The zero-order chi connectivity index (χ0) is 28.4. The van der Waals surface area contributed by atoms with Crippen molar-refractivity contribution in [3.8, 4) is 29.0 Å². The molecule has 4 aromatic heterocycles. The van der Waals surface area contributed by atoms with Crippen molar-refractivity contribution in [1.29, 1.82) is 0 Å². The van der Waals surface area contributed by atoms with Crippen molar-refractivity contribution in [3.05, 3.63) is 59.7 Å². The van der Waals surface area contributed by atoms with E-state index in [2.05, 4.69) is 35.3 Å². The molecule has 0 saturated heterocycles. The van der Waals surface area contributed by atoms with Gasteiger partial charge in [0.1, 0.15) is 18.2 Å². The van der Waals surface area contributed by atoms with E-state index < -0.39 is 26.9 Å². The van der Waals surface area contributed by atoms with Crippen LogP contribution in [0.1, 0.15) is 24.7 Å². The number of para-hydroxylation sites is 1. The number of halogens is 1. The Kier molecular flexibility index (Phi) is 7.60. The summed E-state index contributed by atoms with van der Waals surface area (Å²) in [5.41, 5.74) is 1.00. The van der Waals surface area contributed by atoms with Gasteiger partial charge in [-0.15, -0.1) is 10.2 Å². The van der Waals surface area contributed by atoms with Crippen molar-refractivity contribution < 1.29 is 27.2 Å². The SMILES string of the molecule is COc1ncnc(OC)c1-n1c(CS(=O)(=O)[C@@H](C)[C@H](OC)c2ncc(Cl)cn2)nnc1-c1noc2ccccc12. The summed E-state index contributed by atoms with van der Waals surface area (Å²) < 4.78 is 50.9. The van der Waals surface area contributed by atoms with Gasteiger partial charge in [-0.3, -0.25) is 4.57 Å². The Morgan fingerprint density at radius 2 is 1.68 bits per heavy atom. The highest BCUT2D eigenvalue weighted by Gasteiger charge is 2.36. The number of hydrogen-bond donors (Lipinski definition) is 0. The predicted octanol–water partition coefficient (Wildman–Crippen LogP) is 3.02. The maximum absolute atomic E-state index is 13.8. The lowest BCUT2D eigenvalue weighted by Gasteiger charge is -2.22. The lowest BCUT2D eigenvalue weighted by atomic mass is 10.2. The molecule has 0 aliphatic heterocycles. The third-order valence-electron chi connectivity index (χ3n) is 6.16. The molecule has 0 N–H and O–H groups in total. The molecule has 0 radical (unpaired) electrons. The van der Waals surface area contributed by atoms with E-state index in [1.165, 1.54) is 51.5 Å². The first-order valence-electron chi connectivity index (χ1n) is 11.7. The monoisotopic (exact) mass is 586 g/mol. The van der Waals surface area contributed by atoms with Crippen LogP contribution in [0.25, 0.3) is 28.2 Å². The lowest BCUT2D eigenvalue weighted by molar-refractivity contribution is 0.0948. The summed E-state index contributed by atoms with van der Waals surface area (Å²) >= 11 is 5.90. The highest BCUT2D eigenvalue weighted by atomic mass is 35.5. The summed E-state index contributed by atoms with van der Waals surface area (Å²) in [6, 6.07) is 7.16. The summed E-state index contributed by atoms with van der Waals surface area (Å²) in [5.74, 6) is -0.0239. The fraction of sp³-hybridized carbons (Fsp3) is 0.292. The molecule has 1 aromatic carbocycles. The molecular formula is C24H23ClN8O6S. The van der Waals surface area contributed by atoms with Crippen LogP contribution in [0.5, 0.6) is 11.8 Å². The van der Waals surface area contributed by atoms with Gasteiger partial charge in [0.25, 0.3) is 0 Å². The van der Waals surface area contributed by atoms with E-state index in [1.807, 2.05) is 6.07 Å². The minimum Gasteiger partial charge on any atom is -0.479 e. The molecule has 14 nitrogen and oxygen atoms in total. The Balaban J connectivity index is 1.65. The fourth-order valence-corrected chi connectivity index (χ4v) is 5.68. The standard InChI is InChI=1S/C24H23ClN8O6S/c1-13(20(36-2)21-26-9-14(25)10-27-21)40(34,35)11-17-30-31-22(18-15-7-5-6-8-16(15)39-32-18)33(17)19-23(37-3)28-12-29-24(19)38-4/h5-10,12-13,20H,11H2,1-4H3/t13-,20-/m0/s1. The largest absolute Gasteiger partial charge is 0.479 e. The molecule has 0 aliphatic carbocycles. The van der Waals surface area contributed by atoms with E-state index in [1.54, 1.807) is 18.2 Å². The van der Waals surface area contributed by atoms with E-state index in [-0.39, 0.29) is 34.9 Å². The number of ether oxygens (including phenoxy) is 3. The second-order valence-electron chi connectivity index (χ2n) is 8.47. The van der Waals surface area contributed by atoms with E-state index in [0.29, 0.717) is 21.7 Å². The van der Waals surface area contributed by atoms with Crippen molar-refractivity contribution in [3.63, 3.8) is 0 Å². The van der Waals surface area contributed by atoms with Gasteiger partial charge < -0.3 is 18.7 Å². The first-order chi connectivity index (χ1) is 19.3. The lowest BCUT2D eigenvalue weighted by Crippen LogP contribution is -2.30. The zero-order valence-corrected chi connectivity index (χ0v) is 23.3. The fourth-order valence-electron chi connectivity index (χ4n) is 4.16. The molecule has 16 heteroatoms. The number of rotatable bonds is 10. The van der Waals surface area contributed by atoms with E-state index >= 15 is 0 Å². The molecule has 0 unspecified atom stereocenters. The van der Waals surface area contributed by atoms with Gasteiger partial charge in [-0.1, -0.05) is 28.9 Å². The van der Waals surface area contributed by atoms with Crippen molar-refractivity contribution in [1.82, 2.24) is 39.9 Å². The number of methoxy groups -OCH3 is 3. The maximum atomic E-state index is 13.8. The molecule has 40 heavy (non-hydrogen) atoms. The number of sulfone groups is 1. The van der Waals surface area contributed by atoms with Crippen LogP contribution in [0.15, 0.2) is 47.5 Å². The number of nitrogens with zero attached hydrogens (tertiary/aromatic N) is 8. The van der Waals surface area contributed by atoms with Crippen molar-refractivity contribution in [2.75, 3.05) is 21.3 Å². The first-order valence-corrected chi connectivity index (χ1v) is 13.8. The summed E-state index contributed by atoms with van der Waals surface area (Å²) in [6.45, 7) is 1.50. The number of fused-ring (bicyclic) bond motifs is 1. The van der Waals surface area contributed by atoms with E-state index in [9.17, 15) is 8.42 Å². The third kappa shape index (κ3) is 4.94. The minimum atomic E-state index is -3.98. The van der Waals surface area contributed by atoms with Crippen molar-refractivity contribution in [2.24, 2.45) is 0 Å². The van der Waals surface area contributed by atoms with Crippen LogP contribution in [0.2, 0.25) is 5.02 Å². The number of aromatic nitrogens is 8. The van der Waals surface area contributed by atoms with Gasteiger partial charge in [0.05, 0.1) is 29.9 Å². The molecule has 5 rings (SSSR count). The molecule has 0 amide bonds. The van der Waals surface area contributed by atoms with Gasteiger partial charge in [-0.05, 0) is 19.1 Å². The molecule has 5 aromatic rings. The normalized spacial score (nSPS) is 13.3. The second-order valence-corrected chi connectivity index (χ2v) is 11.3. The number of hydrogen-bond acceptors (Lipinski definition) is 13. The molecule has 0 fully saturated rings. The zero-order valence-electron chi connectivity index (χ0n) is 21.7. The van der Waals surface area contributed by atoms with Gasteiger partial charge in [-0.25, -0.2) is 18.4 Å². The Labute approximate surface area is 233 Å². The molecule has 0 bridgehead atoms. The maximum Gasteiger partial charge on any atom is 0.245 e. The predicted molar refractivity (Wildman–Crippen MR) is 142 cm³/mol. The van der Waals surface area contributed by atoms with Gasteiger partial charge in [0, 0.05) is 19.5 Å². The van der Waals surface area contributed by atoms with E-state index in [0.717, 1.165) is 0 Å². The molecule has 208 valence electrons. The molecule has 0 aliphatic rings. The molecule has 2 atom stereocenters. The number of benzene rings is 1. The van der Waals surface area contributed by atoms with Crippen molar-refractivity contribution >= 4 is 32.4 Å². The Morgan fingerprint density at radius 3 is 2.33 bits per heavy atom. The molecular weight excluding hydrogens is 564 g/mol. The van der Waals surface area contributed by atoms with Gasteiger partial charge in [-0.2, -0.15) is 9.97 Å². The first kappa shape index (κ1) is 27.4. The summed E-state index contributed by atoms with van der Waals surface area (Å²) in [7, 11) is 0.221. The van der Waals surface area contributed by atoms with Crippen LogP contribution < -0.4 is 9.47 Å². The third-order valence-corrected chi connectivity index (χ3v) is 8.39. The van der Waals surface area contributed by atoms with Crippen LogP contribution in [-0.4, -0.2) is 74.9 Å². The minimum absolute atomic E-state index is 0.0206. The second kappa shape index (κ2) is 11.1. The Morgan fingerprint density at radius 1 is 1.00 bits per heavy atom. The highest BCUT2D eigenvalue weighted by Crippen LogP contribution is 2.36. The highest BCUT2D eigenvalue weighted by molar-refractivity contribution is 7.91. The van der Waals surface area contributed by atoms with Gasteiger partial charge >= 0.3 is 0 Å². The van der Waals surface area contributed by atoms with Crippen LogP contribution >= 0.6 is 11.6 Å². The summed E-state index contributed by atoms with van der Waals surface area (Å²) in [5, 5.41) is 12.6. The van der Waals surface area contributed by atoms with Gasteiger partial charge in [0.15, 0.2) is 44.3 Å². The summed E-state index contributed by atoms with van der Waals surface area (Å²) in [6.07, 6.45) is 3.01. The quantitative estimate of drug-likeness (QED) is 0.234. The van der Waals surface area contributed by atoms with Crippen LogP contribution in [0.4, 0.5) is 0 Å². The van der Waals surface area contributed by atoms with Gasteiger partial charge in [0.2, 0.25) is 11.8 Å². The molecule has 0 saturated carbocycles. The average molecular weight is 587 g/mol. The van der Waals surface area contributed by atoms with Crippen LogP contribution in [0.3, 0.4) is 0 Å².